The Morgan fingerprint density at radius 1 is 0.970 bits per heavy atom. The molecule has 1 saturated carbocycles. The molecule has 2 atom stereocenters. The van der Waals surface area contributed by atoms with E-state index < -0.39 is 5.60 Å². The van der Waals surface area contributed by atoms with Gasteiger partial charge >= 0.3 is 6.09 Å². The molecule has 0 bridgehead atoms. The van der Waals surface area contributed by atoms with Gasteiger partial charge in [-0.3, -0.25) is 4.79 Å². The van der Waals surface area contributed by atoms with E-state index in [4.69, 9.17) is 9.47 Å². The van der Waals surface area contributed by atoms with Gasteiger partial charge in [-0.15, -0.1) is 0 Å². The van der Waals surface area contributed by atoms with Crippen molar-refractivity contribution in [1.29, 1.82) is 0 Å². The minimum absolute atomic E-state index is 0.00584. The fourth-order valence-corrected chi connectivity index (χ4v) is 4.48. The lowest BCUT2D eigenvalue weighted by Gasteiger charge is -2.36. The molecule has 0 unspecified atom stereocenters. The highest BCUT2D eigenvalue weighted by atomic mass is 16.6. The molecule has 2 aliphatic rings. The molecule has 0 radical (unpaired) electrons. The molecule has 2 aromatic carbocycles. The van der Waals surface area contributed by atoms with Crippen molar-refractivity contribution >= 4 is 12.0 Å². The van der Waals surface area contributed by atoms with E-state index in [2.05, 4.69) is 5.32 Å². The summed E-state index contributed by atoms with van der Waals surface area (Å²) in [6.07, 6.45) is 1.33. The summed E-state index contributed by atoms with van der Waals surface area (Å²) in [5.74, 6) is 0.493. The first kappa shape index (κ1) is 23.1. The summed E-state index contributed by atoms with van der Waals surface area (Å²) < 4.78 is 11.6. The molecular weight excluding hydrogens is 416 g/mol. The van der Waals surface area contributed by atoms with Crippen molar-refractivity contribution in [3.63, 3.8) is 0 Å². The van der Waals surface area contributed by atoms with E-state index in [1.807, 2.05) is 82.3 Å². The van der Waals surface area contributed by atoms with E-state index in [1.165, 1.54) is 5.56 Å². The van der Waals surface area contributed by atoms with Gasteiger partial charge in [-0.25, -0.2) is 4.79 Å². The van der Waals surface area contributed by atoms with Crippen molar-refractivity contribution < 1.29 is 19.1 Å². The number of amides is 2. The lowest BCUT2D eigenvalue weighted by molar-refractivity contribution is -0.126. The molecule has 6 heteroatoms. The topological polar surface area (TPSA) is 67.9 Å². The third-order valence-electron chi connectivity index (χ3n) is 6.30. The van der Waals surface area contributed by atoms with Crippen molar-refractivity contribution in [3.05, 3.63) is 65.7 Å². The second kappa shape index (κ2) is 9.46. The minimum Gasteiger partial charge on any atom is -0.490 e. The number of likely N-dealkylation sites (tertiary alicyclic amines) is 1. The van der Waals surface area contributed by atoms with Crippen LogP contribution in [0.3, 0.4) is 0 Å². The van der Waals surface area contributed by atoms with Gasteiger partial charge in [0.1, 0.15) is 17.5 Å². The second-order valence-electron chi connectivity index (χ2n) is 10.2. The SMILES string of the molecule is Cc1ccc(OC2CC(NC(=O)[C@@H]3CN(C(=O)OC(C)(C)C)C[C@H]3c3ccccc3)C2)cc1. The maximum absolute atomic E-state index is 13.3. The summed E-state index contributed by atoms with van der Waals surface area (Å²) in [4.78, 5) is 27.6. The van der Waals surface area contributed by atoms with E-state index in [-0.39, 0.29) is 36.0 Å². The van der Waals surface area contributed by atoms with Gasteiger partial charge in [0.2, 0.25) is 5.91 Å². The molecule has 33 heavy (non-hydrogen) atoms. The van der Waals surface area contributed by atoms with Crippen LogP contribution in [0.15, 0.2) is 54.6 Å². The summed E-state index contributed by atoms with van der Waals surface area (Å²) in [5, 5.41) is 3.19. The number of benzene rings is 2. The number of nitrogens with one attached hydrogen (secondary N) is 1. The fourth-order valence-electron chi connectivity index (χ4n) is 4.48. The molecule has 2 amide bonds. The number of aryl methyl sites for hydroxylation is 1. The van der Waals surface area contributed by atoms with Crippen LogP contribution in [0.5, 0.6) is 5.75 Å². The predicted octanol–water partition coefficient (Wildman–Crippen LogP) is 4.67. The van der Waals surface area contributed by atoms with Gasteiger partial charge in [-0.2, -0.15) is 0 Å². The molecule has 2 aromatic rings. The molecule has 0 aromatic heterocycles. The summed E-state index contributed by atoms with van der Waals surface area (Å²) in [7, 11) is 0. The number of ether oxygens (including phenoxy) is 2. The van der Waals surface area contributed by atoms with Crippen LogP contribution in [-0.4, -0.2) is 47.7 Å². The Morgan fingerprint density at radius 3 is 2.27 bits per heavy atom. The zero-order chi connectivity index (χ0) is 23.6. The third kappa shape index (κ3) is 5.86. The first-order valence-corrected chi connectivity index (χ1v) is 11.7. The summed E-state index contributed by atoms with van der Waals surface area (Å²) in [6, 6.07) is 18.1. The molecule has 2 fully saturated rings. The third-order valence-corrected chi connectivity index (χ3v) is 6.30. The van der Waals surface area contributed by atoms with Crippen molar-refractivity contribution in [2.24, 2.45) is 5.92 Å². The van der Waals surface area contributed by atoms with Crippen molar-refractivity contribution in [1.82, 2.24) is 10.2 Å². The largest absolute Gasteiger partial charge is 0.490 e. The van der Waals surface area contributed by atoms with E-state index >= 15 is 0 Å². The Kier molecular flexibility index (Phi) is 6.63. The number of hydrogen-bond acceptors (Lipinski definition) is 4. The Balaban J connectivity index is 1.36. The second-order valence-corrected chi connectivity index (χ2v) is 10.2. The smallest absolute Gasteiger partial charge is 0.410 e. The Bertz CT molecular complexity index is 962. The average molecular weight is 451 g/mol. The van der Waals surface area contributed by atoms with Crippen LogP contribution < -0.4 is 10.1 Å². The van der Waals surface area contributed by atoms with Crippen LogP contribution in [-0.2, 0) is 9.53 Å². The van der Waals surface area contributed by atoms with Gasteiger partial charge in [0.25, 0.3) is 0 Å². The van der Waals surface area contributed by atoms with E-state index in [9.17, 15) is 9.59 Å². The van der Waals surface area contributed by atoms with E-state index in [0.29, 0.717) is 13.1 Å². The Labute approximate surface area is 196 Å². The monoisotopic (exact) mass is 450 g/mol. The number of rotatable bonds is 5. The van der Waals surface area contributed by atoms with Crippen molar-refractivity contribution in [2.75, 3.05) is 13.1 Å². The van der Waals surface area contributed by atoms with E-state index in [0.717, 1.165) is 24.2 Å². The first-order valence-electron chi connectivity index (χ1n) is 11.7. The van der Waals surface area contributed by atoms with Gasteiger partial charge in [-0.05, 0) is 45.4 Å². The number of hydrogen-bond donors (Lipinski definition) is 1. The molecule has 1 aliphatic heterocycles. The normalized spacial score (nSPS) is 24.7. The summed E-state index contributed by atoms with van der Waals surface area (Å²) >= 11 is 0. The number of nitrogens with zero attached hydrogens (tertiary/aromatic N) is 1. The molecule has 6 nitrogen and oxygen atoms in total. The molecular formula is C27H34N2O4. The summed E-state index contributed by atoms with van der Waals surface area (Å²) in [6.45, 7) is 8.44. The predicted molar refractivity (Wildman–Crippen MR) is 127 cm³/mol. The van der Waals surface area contributed by atoms with Crippen LogP contribution in [0.25, 0.3) is 0 Å². The highest BCUT2D eigenvalue weighted by molar-refractivity contribution is 5.82. The molecule has 0 spiro atoms. The van der Waals surface area contributed by atoms with Crippen LogP contribution in [0.1, 0.15) is 50.7 Å². The molecule has 1 N–H and O–H groups in total. The maximum Gasteiger partial charge on any atom is 0.410 e. The highest BCUT2D eigenvalue weighted by Gasteiger charge is 2.43. The lowest BCUT2D eigenvalue weighted by Crippen LogP contribution is -2.51. The van der Waals surface area contributed by atoms with Crippen LogP contribution >= 0.6 is 0 Å². The number of carbonyl (C=O) groups excluding carboxylic acids is 2. The van der Waals surface area contributed by atoms with Gasteiger partial charge in [-0.1, -0.05) is 48.0 Å². The van der Waals surface area contributed by atoms with Gasteiger partial charge in [0, 0.05) is 37.9 Å². The van der Waals surface area contributed by atoms with Crippen molar-refractivity contribution in [2.45, 2.75) is 64.2 Å². The molecule has 1 saturated heterocycles. The minimum atomic E-state index is -0.571. The average Bonchev–Trinajstić information content (AvgIpc) is 3.19. The van der Waals surface area contributed by atoms with Gasteiger partial charge in [0.15, 0.2) is 0 Å². The Hall–Kier alpha value is -3.02. The quantitative estimate of drug-likeness (QED) is 0.719. The molecule has 1 heterocycles. The summed E-state index contributed by atoms with van der Waals surface area (Å²) in [5.41, 5.74) is 1.70. The zero-order valence-corrected chi connectivity index (χ0v) is 19.9. The van der Waals surface area contributed by atoms with Gasteiger partial charge in [0.05, 0.1) is 5.92 Å². The van der Waals surface area contributed by atoms with Crippen molar-refractivity contribution in [3.8, 4) is 5.75 Å². The standard InChI is InChI=1S/C27H34N2O4/c1-18-10-12-21(13-11-18)32-22-14-20(15-22)28-25(30)24-17-29(26(31)33-27(2,3)4)16-23(24)19-8-6-5-7-9-19/h5-13,20,22-24H,14-17H2,1-4H3,(H,28,30)/t20?,22?,23-,24+/m0/s1. The van der Waals surface area contributed by atoms with Crippen LogP contribution in [0, 0.1) is 12.8 Å². The number of carbonyl (C=O) groups is 2. The maximum atomic E-state index is 13.3. The first-order chi connectivity index (χ1) is 15.7. The van der Waals surface area contributed by atoms with Crippen LogP contribution in [0.2, 0.25) is 0 Å². The molecule has 4 rings (SSSR count). The van der Waals surface area contributed by atoms with E-state index in [1.54, 1.807) is 4.90 Å². The van der Waals surface area contributed by atoms with Crippen LogP contribution in [0.4, 0.5) is 4.79 Å². The lowest BCUT2D eigenvalue weighted by atomic mass is 9.85. The molecule has 1 aliphatic carbocycles. The fraction of sp³-hybridized carbons (Fsp3) is 0.481. The highest BCUT2D eigenvalue weighted by Crippen LogP contribution is 2.35. The molecule has 176 valence electrons. The van der Waals surface area contributed by atoms with Gasteiger partial charge < -0.3 is 19.7 Å². The Morgan fingerprint density at radius 2 is 1.64 bits per heavy atom. The zero-order valence-electron chi connectivity index (χ0n) is 19.9.